The highest BCUT2D eigenvalue weighted by atomic mass is 16.7. The van der Waals surface area contributed by atoms with E-state index in [0.29, 0.717) is 13.0 Å². The molecular weight excluding hydrogens is 258 g/mol. The SMILES string of the molecule is CC1C(=O)NC2=C1C=CC(=O)C2CC1COC(C)(C)O1. The summed E-state index contributed by atoms with van der Waals surface area (Å²) in [6.07, 6.45) is 3.75. The molecule has 1 aliphatic carbocycles. The van der Waals surface area contributed by atoms with Crippen molar-refractivity contribution >= 4 is 11.7 Å². The van der Waals surface area contributed by atoms with Gasteiger partial charge in [-0.15, -0.1) is 0 Å². The predicted molar refractivity (Wildman–Crippen MR) is 71.5 cm³/mol. The van der Waals surface area contributed by atoms with Crippen molar-refractivity contribution in [2.75, 3.05) is 6.61 Å². The van der Waals surface area contributed by atoms with E-state index >= 15 is 0 Å². The third kappa shape index (κ3) is 2.21. The Balaban J connectivity index is 1.79. The van der Waals surface area contributed by atoms with Crippen molar-refractivity contribution in [1.29, 1.82) is 0 Å². The summed E-state index contributed by atoms with van der Waals surface area (Å²) >= 11 is 0. The van der Waals surface area contributed by atoms with E-state index in [2.05, 4.69) is 5.32 Å². The summed E-state index contributed by atoms with van der Waals surface area (Å²) in [6, 6.07) is 0. The number of rotatable bonds is 2. The topological polar surface area (TPSA) is 64.6 Å². The van der Waals surface area contributed by atoms with Crippen LogP contribution in [0.4, 0.5) is 0 Å². The molecule has 20 heavy (non-hydrogen) atoms. The Hall–Kier alpha value is -1.46. The number of allylic oxidation sites excluding steroid dienone is 3. The maximum Gasteiger partial charge on any atom is 0.231 e. The molecule has 0 aromatic carbocycles. The highest BCUT2D eigenvalue weighted by molar-refractivity contribution is 6.00. The molecule has 5 heteroatoms. The van der Waals surface area contributed by atoms with Crippen LogP contribution < -0.4 is 5.32 Å². The van der Waals surface area contributed by atoms with Crippen molar-refractivity contribution < 1.29 is 19.1 Å². The number of amides is 1. The molecule has 3 unspecified atom stereocenters. The molecule has 5 nitrogen and oxygen atoms in total. The fourth-order valence-electron chi connectivity index (χ4n) is 3.02. The zero-order chi connectivity index (χ0) is 14.5. The highest BCUT2D eigenvalue weighted by Gasteiger charge is 2.41. The Kier molecular flexibility index (Phi) is 3.06. The van der Waals surface area contributed by atoms with E-state index in [-0.39, 0.29) is 29.6 Å². The molecule has 1 saturated heterocycles. The van der Waals surface area contributed by atoms with Crippen LogP contribution in [0.3, 0.4) is 0 Å². The van der Waals surface area contributed by atoms with Crippen LogP contribution in [0.2, 0.25) is 0 Å². The lowest BCUT2D eigenvalue weighted by molar-refractivity contribution is -0.141. The molecular formula is C15H19NO4. The maximum atomic E-state index is 12.1. The molecule has 0 bridgehead atoms. The molecule has 1 amide bonds. The molecule has 1 fully saturated rings. The summed E-state index contributed by atoms with van der Waals surface area (Å²) < 4.78 is 11.3. The molecule has 0 aromatic heterocycles. The van der Waals surface area contributed by atoms with E-state index in [4.69, 9.17) is 9.47 Å². The number of carbonyl (C=O) groups is 2. The second-order valence-electron chi connectivity index (χ2n) is 6.05. The number of hydrogen-bond donors (Lipinski definition) is 1. The summed E-state index contributed by atoms with van der Waals surface area (Å²) in [7, 11) is 0. The molecule has 0 saturated carbocycles. The quantitative estimate of drug-likeness (QED) is 0.826. The highest BCUT2D eigenvalue weighted by Crippen LogP contribution is 2.36. The van der Waals surface area contributed by atoms with Crippen LogP contribution >= 0.6 is 0 Å². The van der Waals surface area contributed by atoms with Crippen LogP contribution in [0, 0.1) is 11.8 Å². The van der Waals surface area contributed by atoms with Crippen molar-refractivity contribution in [3.05, 3.63) is 23.4 Å². The Labute approximate surface area is 118 Å². The van der Waals surface area contributed by atoms with Gasteiger partial charge in [0.2, 0.25) is 5.91 Å². The van der Waals surface area contributed by atoms with Crippen LogP contribution in [0.25, 0.3) is 0 Å². The minimum atomic E-state index is -0.596. The van der Waals surface area contributed by atoms with Crippen molar-refractivity contribution in [2.24, 2.45) is 11.8 Å². The number of ether oxygens (including phenoxy) is 2. The van der Waals surface area contributed by atoms with Gasteiger partial charge in [0.05, 0.1) is 24.5 Å². The van der Waals surface area contributed by atoms with Gasteiger partial charge >= 0.3 is 0 Å². The minimum absolute atomic E-state index is 0.0199. The smallest absolute Gasteiger partial charge is 0.231 e. The van der Waals surface area contributed by atoms with Crippen molar-refractivity contribution in [2.45, 2.75) is 39.1 Å². The Bertz CT molecular complexity index is 532. The van der Waals surface area contributed by atoms with Crippen LogP contribution in [0.15, 0.2) is 23.4 Å². The Morgan fingerprint density at radius 1 is 1.35 bits per heavy atom. The van der Waals surface area contributed by atoms with Gasteiger partial charge in [-0.3, -0.25) is 9.59 Å². The molecule has 3 rings (SSSR count). The van der Waals surface area contributed by atoms with Crippen LogP contribution in [0.5, 0.6) is 0 Å². The summed E-state index contributed by atoms with van der Waals surface area (Å²) in [4.78, 5) is 23.9. The first-order valence-electron chi connectivity index (χ1n) is 6.96. The Morgan fingerprint density at radius 3 is 2.75 bits per heavy atom. The van der Waals surface area contributed by atoms with E-state index < -0.39 is 5.79 Å². The lowest BCUT2D eigenvalue weighted by Gasteiger charge is -2.23. The van der Waals surface area contributed by atoms with E-state index in [0.717, 1.165) is 11.3 Å². The van der Waals surface area contributed by atoms with Gasteiger partial charge in [0.15, 0.2) is 11.6 Å². The summed E-state index contributed by atoms with van der Waals surface area (Å²) in [5, 5.41) is 2.85. The number of carbonyl (C=O) groups excluding carboxylic acids is 2. The number of nitrogens with one attached hydrogen (secondary N) is 1. The predicted octanol–water partition coefficient (Wildman–Crippen LogP) is 1.30. The molecule has 2 heterocycles. The maximum absolute atomic E-state index is 12.1. The normalized spacial score (nSPS) is 35.5. The minimum Gasteiger partial charge on any atom is -0.348 e. The van der Waals surface area contributed by atoms with E-state index in [1.807, 2.05) is 20.8 Å². The monoisotopic (exact) mass is 277 g/mol. The molecule has 0 aromatic rings. The largest absolute Gasteiger partial charge is 0.348 e. The van der Waals surface area contributed by atoms with E-state index in [1.165, 1.54) is 0 Å². The first-order chi connectivity index (χ1) is 9.37. The number of ketones is 1. The van der Waals surface area contributed by atoms with Crippen molar-refractivity contribution in [3.63, 3.8) is 0 Å². The summed E-state index contributed by atoms with van der Waals surface area (Å²) in [6.45, 7) is 6.05. The fraction of sp³-hybridized carbons (Fsp3) is 0.600. The molecule has 3 atom stereocenters. The summed E-state index contributed by atoms with van der Waals surface area (Å²) in [5.74, 6) is -1.13. The fourth-order valence-corrected chi connectivity index (χ4v) is 3.02. The third-order valence-corrected chi connectivity index (χ3v) is 4.11. The average molecular weight is 277 g/mol. The van der Waals surface area contributed by atoms with Gasteiger partial charge < -0.3 is 14.8 Å². The first kappa shape index (κ1) is 13.5. The molecule has 108 valence electrons. The van der Waals surface area contributed by atoms with E-state index in [1.54, 1.807) is 12.2 Å². The molecule has 0 radical (unpaired) electrons. The molecule has 2 aliphatic heterocycles. The van der Waals surface area contributed by atoms with Gasteiger partial charge in [0.25, 0.3) is 0 Å². The Morgan fingerprint density at radius 2 is 2.10 bits per heavy atom. The van der Waals surface area contributed by atoms with Gasteiger partial charge in [-0.1, -0.05) is 6.08 Å². The third-order valence-electron chi connectivity index (χ3n) is 4.11. The number of hydrogen-bond acceptors (Lipinski definition) is 4. The van der Waals surface area contributed by atoms with Crippen molar-refractivity contribution in [1.82, 2.24) is 5.32 Å². The lowest BCUT2D eigenvalue weighted by Crippen LogP contribution is -2.31. The molecule has 1 N–H and O–H groups in total. The van der Waals surface area contributed by atoms with Crippen LogP contribution in [-0.4, -0.2) is 30.2 Å². The molecule has 0 spiro atoms. The van der Waals surface area contributed by atoms with Gasteiger partial charge in [0.1, 0.15) is 0 Å². The standard InChI is InChI=1S/C15H19NO4/c1-8-10-4-5-12(17)11(13(10)16-14(8)18)6-9-7-19-15(2,3)20-9/h4-5,8-9,11H,6-7H2,1-3H3,(H,16,18). The lowest BCUT2D eigenvalue weighted by atomic mass is 9.85. The van der Waals surface area contributed by atoms with Crippen molar-refractivity contribution in [3.8, 4) is 0 Å². The van der Waals surface area contributed by atoms with Gasteiger partial charge in [-0.25, -0.2) is 0 Å². The summed E-state index contributed by atoms with van der Waals surface area (Å²) in [5.41, 5.74) is 1.68. The van der Waals surface area contributed by atoms with Gasteiger partial charge in [-0.2, -0.15) is 0 Å². The second-order valence-corrected chi connectivity index (χ2v) is 6.05. The second kappa shape index (κ2) is 4.53. The van der Waals surface area contributed by atoms with Crippen LogP contribution in [0.1, 0.15) is 27.2 Å². The molecule has 3 aliphatic rings. The van der Waals surface area contributed by atoms with Gasteiger partial charge in [0, 0.05) is 5.70 Å². The van der Waals surface area contributed by atoms with Crippen LogP contribution in [-0.2, 0) is 19.1 Å². The van der Waals surface area contributed by atoms with Gasteiger partial charge in [-0.05, 0) is 38.8 Å². The van der Waals surface area contributed by atoms with E-state index in [9.17, 15) is 9.59 Å². The average Bonchev–Trinajstić information content (AvgIpc) is 2.85. The first-order valence-corrected chi connectivity index (χ1v) is 6.96. The zero-order valence-corrected chi connectivity index (χ0v) is 11.9. The zero-order valence-electron chi connectivity index (χ0n) is 11.9.